The molecule has 0 rings (SSSR count). The van der Waals surface area contributed by atoms with Gasteiger partial charge in [-0.1, -0.05) is 0 Å². The standard InChI is InChI=1S/C5H6F3NO/c1-3(10)9-5(8)2-4(6)7/h2,5H,1H3,(H,9,10). The summed E-state index contributed by atoms with van der Waals surface area (Å²) in [6.45, 7) is 1.04. The van der Waals surface area contributed by atoms with Gasteiger partial charge in [-0.05, 0) is 0 Å². The Balaban J connectivity index is 3.75. The first-order valence-corrected chi connectivity index (χ1v) is 2.46. The molecule has 0 aromatic rings. The molecule has 5 heteroatoms. The minimum absolute atomic E-state index is 0.0153. The Morgan fingerprint density at radius 3 is 2.40 bits per heavy atom. The van der Waals surface area contributed by atoms with Crippen LogP contribution in [-0.2, 0) is 4.79 Å². The van der Waals surface area contributed by atoms with Crippen LogP contribution in [0.4, 0.5) is 13.2 Å². The van der Waals surface area contributed by atoms with Crippen LogP contribution in [0.1, 0.15) is 6.92 Å². The van der Waals surface area contributed by atoms with E-state index in [2.05, 4.69) is 0 Å². The van der Waals surface area contributed by atoms with Crippen LogP contribution >= 0.6 is 0 Å². The SMILES string of the molecule is CC(=O)NC(F)C=C(F)F. The molecule has 1 N–H and O–H groups in total. The lowest BCUT2D eigenvalue weighted by Crippen LogP contribution is -2.27. The second kappa shape index (κ2) is 3.92. The van der Waals surface area contributed by atoms with Gasteiger partial charge in [0.2, 0.25) is 5.91 Å². The van der Waals surface area contributed by atoms with Crippen molar-refractivity contribution in [2.45, 2.75) is 13.2 Å². The lowest BCUT2D eigenvalue weighted by atomic mass is 10.5. The minimum Gasteiger partial charge on any atom is -0.323 e. The smallest absolute Gasteiger partial charge is 0.271 e. The highest BCUT2D eigenvalue weighted by molar-refractivity contribution is 5.73. The number of amides is 1. The molecule has 0 aliphatic carbocycles. The van der Waals surface area contributed by atoms with Gasteiger partial charge >= 0.3 is 0 Å². The maximum absolute atomic E-state index is 12.0. The number of halogens is 3. The van der Waals surface area contributed by atoms with Gasteiger partial charge in [0.1, 0.15) is 0 Å². The van der Waals surface area contributed by atoms with E-state index in [1.54, 1.807) is 5.32 Å². The number of hydrogen-bond acceptors (Lipinski definition) is 1. The number of rotatable bonds is 2. The van der Waals surface area contributed by atoms with Crippen molar-refractivity contribution in [3.63, 3.8) is 0 Å². The highest BCUT2D eigenvalue weighted by Gasteiger charge is 2.04. The molecule has 2 nitrogen and oxygen atoms in total. The van der Waals surface area contributed by atoms with E-state index in [1.807, 2.05) is 0 Å². The third kappa shape index (κ3) is 5.14. The molecule has 0 bridgehead atoms. The van der Waals surface area contributed by atoms with E-state index < -0.39 is 18.3 Å². The van der Waals surface area contributed by atoms with Crippen LogP contribution in [0.25, 0.3) is 0 Å². The molecule has 1 amide bonds. The number of nitrogens with one attached hydrogen (secondary N) is 1. The summed E-state index contributed by atoms with van der Waals surface area (Å²) >= 11 is 0. The van der Waals surface area contributed by atoms with E-state index in [0.717, 1.165) is 6.92 Å². The summed E-state index contributed by atoms with van der Waals surface area (Å²) in [5.41, 5.74) is 0. The van der Waals surface area contributed by atoms with Crippen LogP contribution in [-0.4, -0.2) is 12.2 Å². The van der Waals surface area contributed by atoms with Crippen molar-refractivity contribution in [3.8, 4) is 0 Å². The monoisotopic (exact) mass is 153 g/mol. The molecule has 0 saturated carbocycles. The molecule has 0 aromatic carbocycles. The van der Waals surface area contributed by atoms with E-state index >= 15 is 0 Å². The molecule has 1 unspecified atom stereocenters. The van der Waals surface area contributed by atoms with Gasteiger partial charge in [-0.2, -0.15) is 8.78 Å². The van der Waals surface area contributed by atoms with E-state index in [4.69, 9.17) is 0 Å². The summed E-state index contributed by atoms with van der Waals surface area (Å²) in [5.74, 6) is -0.690. The Morgan fingerprint density at radius 1 is 1.60 bits per heavy atom. The van der Waals surface area contributed by atoms with Gasteiger partial charge in [-0.3, -0.25) is 4.79 Å². The Morgan fingerprint density at radius 2 is 2.10 bits per heavy atom. The lowest BCUT2D eigenvalue weighted by Gasteiger charge is -2.00. The predicted molar refractivity (Wildman–Crippen MR) is 29.0 cm³/mol. The molecule has 0 radical (unpaired) electrons. The van der Waals surface area contributed by atoms with Crippen molar-refractivity contribution in [2.75, 3.05) is 0 Å². The fraction of sp³-hybridized carbons (Fsp3) is 0.400. The molecule has 58 valence electrons. The molecule has 0 saturated heterocycles. The summed E-state index contributed by atoms with van der Waals surface area (Å²) in [4.78, 5) is 10.0. The zero-order valence-corrected chi connectivity index (χ0v) is 5.20. The lowest BCUT2D eigenvalue weighted by molar-refractivity contribution is -0.120. The molecular weight excluding hydrogens is 147 g/mol. The Bertz CT molecular complexity index is 153. The van der Waals surface area contributed by atoms with Crippen molar-refractivity contribution in [2.24, 2.45) is 0 Å². The van der Waals surface area contributed by atoms with E-state index in [-0.39, 0.29) is 6.08 Å². The number of hydrogen-bond donors (Lipinski definition) is 1. The summed E-state index contributed by atoms with van der Waals surface area (Å²) < 4.78 is 34.4. The van der Waals surface area contributed by atoms with Crippen molar-refractivity contribution in [1.29, 1.82) is 0 Å². The molecule has 0 spiro atoms. The quantitative estimate of drug-likeness (QED) is 0.593. The minimum atomic E-state index is -2.15. The fourth-order valence-electron chi connectivity index (χ4n) is 0.346. The Hall–Kier alpha value is -1.00. The fourth-order valence-corrected chi connectivity index (χ4v) is 0.346. The zero-order valence-electron chi connectivity index (χ0n) is 5.20. The summed E-state index contributed by atoms with van der Waals surface area (Å²) in [7, 11) is 0. The van der Waals surface area contributed by atoms with Gasteiger partial charge in [-0.15, -0.1) is 0 Å². The van der Waals surface area contributed by atoms with Crippen molar-refractivity contribution in [1.82, 2.24) is 5.32 Å². The third-order valence-electron chi connectivity index (χ3n) is 0.613. The van der Waals surface area contributed by atoms with Gasteiger partial charge < -0.3 is 5.32 Å². The summed E-state index contributed by atoms with van der Waals surface area (Å²) in [5, 5.41) is 1.61. The maximum Gasteiger partial charge on any atom is 0.271 e. The van der Waals surface area contributed by atoms with Gasteiger partial charge in [-0.25, -0.2) is 4.39 Å². The third-order valence-corrected chi connectivity index (χ3v) is 0.613. The van der Waals surface area contributed by atoms with E-state index in [9.17, 15) is 18.0 Å². The number of carbonyl (C=O) groups excluding carboxylic acids is 1. The highest BCUT2D eigenvalue weighted by Crippen LogP contribution is 1.99. The molecule has 0 aliphatic heterocycles. The van der Waals surface area contributed by atoms with Crippen LogP contribution in [0.15, 0.2) is 12.2 Å². The van der Waals surface area contributed by atoms with Crippen LogP contribution in [0.5, 0.6) is 0 Å². The second-order valence-corrected chi connectivity index (χ2v) is 1.56. The average Bonchev–Trinajstić information content (AvgIpc) is 1.58. The van der Waals surface area contributed by atoms with Crippen LogP contribution < -0.4 is 5.32 Å². The molecular formula is C5H6F3NO. The molecule has 0 fully saturated rings. The normalized spacial score (nSPS) is 12.0. The van der Waals surface area contributed by atoms with Crippen LogP contribution in [0.2, 0.25) is 0 Å². The first-order chi connectivity index (χ1) is 4.52. The van der Waals surface area contributed by atoms with Crippen molar-refractivity contribution < 1.29 is 18.0 Å². The molecule has 0 heterocycles. The molecule has 0 aliphatic rings. The predicted octanol–water partition coefficient (Wildman–Crippen LogP) is 1.20. The number of carbonyl (C=O) groups is 1. The van der Waals surface area contributed by atoms with E-state index in [0.29, 0.717) is 0 Å². The summed E-state index contributed by atoms with van der Waals surface area (Å²) in [6.07, 6.45) is -4.23. The van der Waals surface area contributed by atoms with Gasteiger partial charge in [0.05, 0.1) is 0 Å². The van der Waals surface area contributed by atoms with Crippen molar-refractivity contribution >= 4 is 5.91 Å². The Labute approximate surface area is 55.7 Å². The van der Waals surface area contributed by atoms with Crippen molar-refractivity contribution in [3.05, 3.63) is 12.2 Å². The summed E-state index contributed by atoms with van der Waals surface area (Å²) in [6, 6.07) is 0. The molecule has 1 atom stereocenters. The zero-order chi connectivity index (χ0) is 8.15. The van der Waals surface area contributed by atoms with Gasteiger partial charge in [0.15, 0.2) is 6.30 Å². The molecule has 0 aromatic heterocycles. The Kier molecular flexibility index (Phi) is 3.53. The van der Waals surface area contributed by atoms with Crippen LogP contribution in [0.3, 0.4) is 0 Å². The largest absolute Gasteiger partial charge is 0.323 e. The van der Waals surface area contributed by atoms with Gasteiger partial charge in [0.25, 0.3) is 6.08 Å². The maximum atomic E-state index is 12.0. The van der Waals surface area contributed by atoms with Gasteiger partial charge in [0, 0.05) is 13.0 Å². The number of alkyl halides is 1. The average molecular weight is 153 g/mol. The first kappa shape index (κ1) is 9.00. The topological polar surface area (TPSA) is 29.1 Å². The van der Waals surface area contributed by atoms with Crippen LogP contribution in [0, 0.1) is 0 Å². The van der Waals surface area contributed by atoms with E-state index in [1.165, 1.54) is 0 Å². The molecule has 10 heavy (non-hydrogen) atoms. The highest BCUT2D eigenvalue weighted by atomic mass is 19.3. The second-order valence-electron chi connectivity index (χ2n) is 1.56. The first-order valence-electron chi connectivity index (χ1n) is 2.46.